The van der Waals surface area contributed by atoms with E-state index in [4.69, 9.17) is 10.2 Å². The Morgan fingerprint density at radius 1 is 1.19 bits per heavy atom. The Kier molecular flexibility index (Phi) is 7.23. The van der Waals surface area contributed by atoms with Gasteiger partial charge in [0.05, 0.1) is 11.3 Å². The van der Waals surface area contributed by atoms with Gasteiger partial charge in [-0.3, -0.25) is 0 Å². The summed E-state index contributed by atoms with van der Waals surface area (Å²) in [6, 6.07) is 2.07. The highest BCUT2D eigenvalue weighted by Gasteiger charge is 2.27. The van der Waals surface area contributed by atoms with Crippen LogP contribution in [0.1, 0.15) is 80.8 Å². The molecule has 0 amide bonds. The summed E-state index contributed by atoms with van der Waals surface area (Å²) >= 11 is 0. The van der Waals surface area contributed by atoms with Gasteiger partial charge in [-0.1, -0.05) is 19.1 Å². The molecule has 0 atom stereocenters. The van der Waals surface area contributed by atoms with Crippen LogP contribution in [0.5, 0.6) is 0 Å². The van der Waals surface area contributed by atoms with Crippen molar-refractivity contribution in [2.24, 2.45) is 5.92 Å². The monoisotopic (exact) mass is 435 g/mol. The number of fused-ring (bicyclic) bond motifs is 2. The van der Waals surface area contributed by atoms with Gasteiger partial charge in [0, 0.05) is 12.6 Å². The molecule has 1 saturated carbocycles. The average Bonchev–Trinajstić information content (AvgIpc) is 3.37. The molecule has 3 aliphatic carbocycles. The second-order valence-corrected chi connectivity index (χ2v) is 8.86. The number of allylic oxidation sites excluding steroid dienone is 6. The first-order valence-electron chi connectivity index (χ1n) is 12.1. The maximum atomic E-state index is 14.4. The van der Waals surface area contributed by atoms with Gasteiger partial charge >= 0.3 is 0 Å². The topological polar surface area (TPSA) is 64.9 Å². The maximum Gasteiger partial charge on any atom is 0.229 e. The zero-order valence-electron chi connectivity index (χ0n) is 19.3. The third-order valence-electron chi connectivity index (χ3n) is 6.45. The van der Waals surface area contributed by atoms with Gasteiger partial charge in [-0.05, 0) is 99.5 Å². The number of oxazole rings is 1. The van der Waals surface area contributed by atoms with E-state index in [1.165, 1.54) is 48.5 Å². The molecular formula is C27H34FN3O. The second kappa shape index (κ2) is 10.3. The lowest BCUT2D eigenvalue weighted by atomic mass is 10.0. The Balaban J connectivity index is 0.000000203. The molecule has 2 N–H and O–H groups in total. The lowest BCUT2D eigenvalue weighted by Crippen LogP contribution is -1.99. The number of pyridine rings is 1. The first-order chi connectivity index (χ1) is 15.6. The minimum Gasteiger partial charge on any atom is -0.441 e. The molecule has 0 bridgehead atoms. The van der Waals surface area contributed by atoms with Gasteiger partial charge in [0.15, 0.2) is 0 Å². The van der Waals surface area contributed by atoms with Crippen molar-refractivity contribution in [2.45, 2.75) is 78.1 Å². The number of nitrogen functional groups attached to an aromatic ring is 1. The molecule has 0 saturated heterocycles. The van der Waals surface area contributed by atoms with Crippen LogP contribution in [0.2, 0.25) is 0 Å². The van der Waals surface area contributed by atoms with Crippen LogP contribution in [-0.4, -0.2) is 9.97 Å². The quantitative estimate of drug-likeness (QED) is 0.530. The summed E-state index contributed by atoms with van der Waals surface area (Å²) < 4.78 is 20.3. The van der Waals surface area contributed by atoms with Gasteiger partial charge in [0.25, 0.3) is 0 Å². The van der Waals surface area contributed by atoms with Gasteiger partial charge in [0.1, 0.15) is 17.4 Å². The van der Waals surface area contributed by atoms with E-state index in [1.807, 2.05) is 6.08 Å². The molecule has 3 aliphatic rings. The summed E-state index contributed by atoms with van der Waals surface area (Å²) in [6.07, 6.45) is 18.5. The molecule has 2 aromatic heterocycles. The molecule has 0 unspecified atom stereocenters. The number of hydrogen-bond acceptors (Lipinski definition) is 4. The van der Waals surface area contributed by atoms with Gasteiger partial charge in [-0.15, -0.1) is 0 Å². The minimum absolute atomic E-state index is 0.249. The van der Waals surface area contributed by atoms with E-state index < -0.39 is 0 Å². The van der Waals surface area contributed by atoms with Crippen LogP contribution in [-0.2, 0) is 25.7 Å². The molecule has 170 valence electrons. The summed E-state index contributed by atoms with van der Waals surface area (Å²) in [5, 5.41) is 0. The first-order valence-corrected chi connectivity index (χ1v) is 12.1. The number of hydrogen-bond donors (Lipinski definition) is 1. The first kappa shape index (κ1) is 22.5. The number of nitrogens with zero attached hydrogens (tertiary/aromatic N) is 2. The van der Waals surface area contributed by atoms with Crippen LogP contribution in [0, 0.1) is 5.92 Å². The Labute approximate surface area is 190 Å². The fourth-order valence-electron chi connectivity index (χ4n) is 4.55. The molecule has 0 radical (unpaired) electrons. The molecule has 1 fully saturated rings. The van der Waals surface area contributed by atoms with E-state index in [-0.39, 0.29) is 5.83 Å². The van der Waals surface area contributed by atoms with Gasteiger partial charge < -0.3 is 10.2 Å². The molecule has 32 heavy (non-hydrogen) atoms. The van der Waals surface area contributed by atoms with E-state index in [9.17, 15) is 4.39 Å². The Hall–Kier alpha value is -2.69. The zero-order valence-corrected chi connectivity index (χ0v) is 19.3. The number of anilines is 1. The van der Waals surface area contributed by atoms with Crippen molar-refractivity contribution in [3.05, 3.63) is 70.4 Å². The zero-order chi connectivity index (χ0) is 22.5. The fourth-order valence-corrected chi connectivity index (χ4v) is 4.55. The molecule has 2 heterocycles. The van der Waals surface area contributed by atoms with Crippen molar-refractivity contribution in [3.63, 3.8) is 0 Å². The third-order valence-corrected chi connectivity index (χ3v) is 6.45. The SMILES string of the molecule is C\C=C(F)/C(=C\C(=C\CC)C1CC1)c1nc2c(o1)CCCC2.Nc1nccc2c1CCC2. The highest BCUT2D eigenvalue weighted by Crippen LogP contribution is 2.40. The predicted octanol–water partition coefficient (Wildman–Crippen LogP) is 6.71. The number of aryl methyl sites for hydroxylation is 3. The van der Waals surface area contributed by atoms with Crippen LogP contribution in [0.4, 0.5) is 10.2 Å². The third kappa shape index (κ3) is 5.20. The Bertz CT molecular complexity index is 1020. The summed E-state index contributed by atoms with van der Waals surface area (Å²) in [5.41, 5.74) is 11.1. The molecule has 0 aliphatic heterocycles. The van der Waals surface area contributed by atoms with Crippen molar-refractivity contribution in [1.82, 2.24) is 9.97 Å². The number of aromatic nitrogens is 2. The van der Waals surface area contributed by atoms with Crippen LogP contribution in [0.25, 0.3) is 5.57 Å². The van der Waals surface area contributed by atoms with Gasteiger partial charge in [-0.2, -0.15) is 0 Å². The molecule has 5 rings (SSSR count). The highest BCUT2D eigenvalue weighted by atomic mass is 19.1. The van der Waals surface area contributed by atoms with E-state index in [2.05, 4.69) is 29.0 Å². The average molecular weight is 436 g/mol. The molecule has 2 aromatic rings. The van der Waals surface area contributed by atoms with Gasteiger partial charge in [-0.25, -0.2) is 14.4 Å². The van der Waals surface area contributed by atoms with Gasteiger partial charge in [0.2, 0.25) is 5.89 Å². The van der Waals surface area contributed by atoms with Crippen LogP contribution in [0.15, 0.2) is 46.3 Å². The predicted molar refractivity (Wildman–Crippen MR) is 128 cm³/mol. The lowest BCUT2D eigenvalue weighted by molar-refractivity contribution is 0.465. The molecule has 4 nitrogen and oxygen atoms in total. The van der Waals surface area contributed by atoms with Crippen LogP contribution < -0.4 is 5.73 Å². The summed E-state index contributed by atoms with van der Waals surface area (Å²) in [5.74, 6) is 2.47. The van der Waals surface area contributed by atoms with E-state index in [1.54, 1.807) is 13.1 Å². The summed E-state index contributed by atoms with van der Waals surface area (Å²) in [6.45, 7) is 3.83. The Morgan fingerprint density at radius 3 is 2.69 bits per heavy atom. The highest BCUT2D eigenvalue weighted by molar-refractivity contribution is 5.74. The van der Waals surface area contributed by atoms with Crippen molar-refractivity contribution >= 4 is 11.4 Å². The summed E-state index contributed by atoms with van der Waals surface area (Å²) in [4.78, 5) is 8.60. The Morgan fingerprint density at radius 2 is 2.00 bits per heavy atom. The van der Waals surface area contributed by atoms with Crippen molar-refractivity contribution in [1.29, 1.82) is 0 Å². The maximum absolute atomic E-state index is 14.4. The van der Waals surface area contributed by atoms with E-state index >= 15 is 0 Å². The molecule has 5 heteroatoms. The number of halogens is 1. The summed E-state index contributed by atoms with van der Waals surface area (Å²) in [7, 11) is 0. The van der Waals surface area contributed by atoms with Crippen LogP contribution >= 0.6 is 0 Å². The standard InChI is InChI=1S/C19H24FNO.C8H10N2/c1-3-7-14(13-10-11-13)12-15(16(20)4-2)19-21-17-8-5-6-9-18(17)22-19;9-8-7-3-1-2-6(7)4-5-10-8/h4,7,12-13H,3,5-6,8-11H2,1-2H3;4-5H,1-3H2,(H2,9,10)/b14-7-,15-12+,16-4+;. The fraction of sp³-hybridized carbons (Fsp3) is 0.481. The largest absolute Gasteiger partial charge is 0.441 e. The smallest absolute Gasteiger partial charge is 0.229 e. The minimum atomic E-state index is -0.249. The van der Waals surface area contributed by atoms with Crippen LogP contribution in [0.3, 0.4) is 0 Å². The number of nitrogens with two attached hydrogens (primary N) is 1. The van der Waals surface area contributed by atoms with Crippen molar-refractivity contribution < 1.29 is 8.81 Å². The molecule has 0 spiro atoms. The lowest BCUT2D eigenvalue weighted by Gasteiger charge is -2.05. The molecular weight excluding hydrogens is 401 g/mol. The van der Waals surface area contributed by atoms with Crippen molar-refractivity contribution in [2.75, 3.05) is 5.73 Å². The normalized spacial score (nSPS) is 18.7. The van der Waals surface area contributed by atoms with E-state index in [0.717, 1.165) is 55.8 Å². The van der Waals surface area contributed by atoms with Crippen molar-refractivity contribution in [3.8, 4) is 0 Å². The molecule has 0 aromatic carbocycles. The van der Waals surface area contributed by atoms with E-state index in [0.29, 0.717) is 17.4 Å². The second-order valence-electron chi connectivity index (χ2n) is 8.86. The number of rotatable bonds is 5.